The van der Waals surface area contributed by atoms with Crippen molar-refractivity contribution in [3.05, 3.63) is 59.2 Å². The molecule has 1 heterocycles. The van der Waals surface area contributed by atoms with Gasteiger partial charge in [0.05, 0.1) is 0 Å². The fourth-order valence-electron chi connectivity index (χ4n) is 3.77. The van der Waals surface area contributed by atoms with E-state index in [1.165, 1.54) is 0 Å². The summed E-state index contributed by atoms with van der Waals surface area (Å²) in [5, 5.41) is 3.73. The van der Waals surface area contributed by atoms with Crippen molar-refractivity contribution < 1.29 is 8.53 Å². The van der Waals surface area contributed by atoms with Gasteiger partial charge in [-0.3, -0.25) is 0 Å². The molecular weight excluding hydrogens is 280 g/mol. The van der Waals surface area contributed by atoms with Gasteiger partial charge in [0.25, 0.3) is 0 Å². The number of benzene rings is 3. The lowest BCUT2D eigenvalue weighted by Gasteiger charge is -2.22. The van der Waals surface area contributed by atoms with E-state index in [0.717, 1.165) is 38.3 Å². The van der Waals surface area contributed by atoms with Gasteiger partial charge in [-0.05, 0) is 47.2 Å². The molecule has 0 bridgehead atoms. The summed E-state index contributed by atoms with van der Waals surface area (Å²) in [5.41, 5.74) is 3.68. The Labute approximate surface area is 141 Å². The predicted octanol–water partition coefficient (Wildman–Crippen LogP) is 6.65. The number of furan rings is 1. The molecule has 0 aliphatic rings. The Morgan fingerprint density at radius 3 is 2.48 bits per heavy atom. The second-order valence-electron chi connectivity index (χ2n) is 7.33. The molecule has 116 valence electrons. The van der Waals surface area contributed by atoms with Crippen LogP contribution >= 0.6 is 0 Å². The van der Waals surface area contributed by atoms with E-state index >= 15 is 0 Å². The second-order valence-corrected chi connectivity index (χ2v) is 7.33. The minimum atomic E-state index is -2.20. The summed E-state index contributed by atoms with van der Waals surface area (Å²) in [6.45, 7) is 6.17. The Morgan fingerprint density at radius 1 is 0.957 bits per heavy atom. The normalized spacial score (nSPS) is 15.0. The van der Waals surface area contributed by atoms with Crippen LogP contribution in [0, 0.1) is 13.8 Å². The Hall–Kier alpha value is -2.28. The van der Waals surface area contributed by atoms with Crippen molar-refractivity contribution in [3.8, 4) is 0 Å². The molecule has 0 unspecified atom stereocenters. The molecular formula is C22H22O. The first-order chi connectivity index (χ1) is 12.1. The third kappa shape index (κ3) is 1.99. The smallest absolute Gasteiger partial charge is 0.139 e. The molecule has 1 heteroatoms. The highest BCUT2D eigenvalue weighted by molar-refractivity contribution is 6.20. The van der Waals surface area contributed by atoms with E-state index in [2.05, 4.69) is 20.8 Å². The molecule has 4 aromatic rings. The summed E-state index contributed by atoms with van der Waals surface area (Å²) >= 11 is 0. The van der Waals surface area contributed by atoms with E-state index < -0.39 is 6.85 Å². The summed E-state index contributed by atoms with van der Waals surface area (Å²) in [7, 11) is 0. The van der Waals surface area contributed by atoms with E-state index in [1.54, 1.807) is 0 Å². The van der Waals surface area contributed by atoms with Crippen LogP contribution in [0.25, 0.3) is 32.7 Å². The van der Waals surface area contributed by atoms with Crippen LogP contribution in [0.4, 0.5) is 0 Å². The molecule has 0 spiro atoms. The molecule has 0 amide bonds. The molecule has 0 aliphatic carbocycles. The summed E-state index contributed by atoms with van der Waals surface area (Å²) in [4.78, 5) is 0. The van der Waals surface area contributed by atoms with Crippen molar-refractivity contribution in [1.82, 2.24) is 0 Å². The van der Waals surface area contributed by atoms with Crippen molar-refractivity contribution in [3.63, 3.8) is 0 Å². The van der Waals surface area contributed by atoms with Crippen LogP contribution in [-0.2, 0) is 5.41 Å². The molecule has 4 rings (SSSR count). The minimum absolute atomic E-state index is 0.153. The zero-order chi connectivity index (χ0) is 18.9. The molecule has 0 saturated heterocycles. The van der Waals surface area contributed by atoms with Crippen LogP contribution in [0.3, 0.4) is 0 Å². The van der Waals surface area contributed by atoms with Gasteiger partial charge in [0.15, 0.2) is 0 Å². The Kier molecular flexibility index (Phi) is 2.26. The minimum Gasteiger partial charge on any atom is -0.456 e. The molecule has 0 N–H and O–H groups in total. The molecule has 0 atom stereocenters. The van der Waals surface area contributed by atoms with Crippen LogP contribution in [0.1, 0.15) is 41.6 Å². The maximum absolute atomic E-state index is 8.09. The van der Waals surface area contributed by atoms with E-state index in [-0.39, 0.29) is 5.41 Å². The maximum Gasteiger partial charge on any atom is 0.139 e. The van der Waals surface area contributed by atoms with Crippen LogP contribution in [0.5, 0.6) is 0 Å². The molecule has 3 aromatic carbocycles. The average Bonchev–Trinajstić information content (AvgIpc) is 2.90. The van der Waals surface area contributed by atoms with Crippen molar-refractivity contribution in [1.29, 1.82) is 0 Å². The van der Waals surface area contributed by atoms with Gasteiger partial charge in [0, 0.05) is 20.4 Å². The maximum atomic E-state index is 8.09. The molecule has 0 saturated carbocycles. The highest BCUT2D eigenvalue weighted by Crippen LogP contribution is 2.42. The Morgan fingerprint density at radius 2 is 1.74 bits per heavy atom. The predicted molar refractivity (Wildman–Crippen MR) is 99.4 cm³/mol. The third-order valence-corrected chi connectivity index (χ3v) is 4.58. The SMILES string of the molecule is [2H]C([2H])([2H])c1cc(C)c(C(C)(C)C)c2oc3ccc4ccccc4c3c12. The summed E-state index contributed by atoms with van der Waals surface area (Å²) in [6.07, 6.45) is 0. The van der Waals surface area contributed by atoms with E-state index in [0.29, 0.717) is 11.1 Å². The Balaban J connectivity index is 2.34. The standard InChI is InChI=1S/C22H22O/c1-13-12-14(2)20(22(3,4)5)21-18(13)19-16-9-7-6-8-15(16)10-11-17(19)23-21/h6-12H,1-5H3/i1D3. The zero-order valence-corrected chi connectivity index (χ0v) is 13.9. The topological polar surface area (TPSA) is 13.1 Å². The van der Waals surface area contributed by atoms with Gasteiger partial charge in [0.1, 0.15) is 11.2 Å². The van der Waals surface area contributed by atoms with Gasteiger partial charge < -0.3 is 4.42 Å². The van der Waals surface area contributed by atoms with Gasteiger partial charge in [-0.2, -0.15) is 0 Å². The van der Waals surface area contributed by atoms with Gasteiger partial charge in [-0.15, -0.1) is 0 Å². The van der Waals surface area contributed by atoms with E-state index in [4.69, 9.17) is 8.53 Å². The van der Waals surface area contributed by atoms with Gasteiger partial charge in [-0.25, -0.2) is 0 Å². The molecule has 0 radical (unpaired) electrons. The fourth-order valence-corrected chi connectivity index (χ4v) is 3.77. The Bertz CT molecular complexity index is 1160. The summed E-state index contributed by atoms with van der Waals surface area (Å²) in [5.74, 6) is 0. The highest BCUT2D eigenvalue weighted by Gasteiger charge is 2.24. The van der Waals surface area contributed by atoms with Gasteiger partial charge >= 0.3 is 0 Å². The molecule has 23 heavy (non-hydrogen) atoms. The van der Waals surface area contributed by atoms with Crippen molar-refractivity contribution in [2.24, 2.45) is 0 Å². The summed E-state index contributed by atoms with van der Waals surface area (Å²) < 4.78 is 30.6. The molecule has 1 nitrogen and oxygen atoms in total. The van der Waals surface area contributed by atoms with Crippen molar-refractivity contribution in [2.75, 3.05) is 0 Å². The van der Waals surface area contributed by atoms with Gasteiger partial charge in [-0.1, -0.05) is 57.2 Å². The first kappa shape index (κ1) is 11.3. The number of hydrogen-bond acceptors (Lipinski definition) is 1. The summed E-state index contributed by atoms with van der Waals surface area (Å²) in [6, 6.07) is 13.8. The van der Waals surface area contributed by atoms with Crippen molar-refractivity contribution in [2.45, 2.75) is 40.0 Å². The van der Waals surface area contributed by atoms with Crippen LogP contribution in [-0.4, -0.2) is 0 Å². The number of rotatable bonds is 0. The van der Waals surface area contributed by atoms with E-state index in [9.17, 15) is 0 Å². The largest absolute Gasteiger partial charge is 0.456 e. The number of hydrogen-bond donors (Lipinski definition) is 0. The van der Waals surface area contributed by atoms with Crippen LogP contribution in [0.2, 0.25) is 0 Å². The lowest BCUT2D eigenvalue weighted by Crippen LogP contribution is -2.13. The first-order valence-electron chi connectivity index (χ1n) is 9.47. The first-order valence-corrected chi connectivity index (χ1v) is 7.97. The highest BCUT2D eigenvalue weighted by atomic mass is 16.3. The molecule has 0 aliphatic heterocycles. The zero-order valence-electron chi connectivity index (χ0n) is 16.9. The lowest BCUT2D eigenvalue weighted by atomic mass is 9.82. The van der Waals surface area contributed by atoms with Crippen LogP contribution in [0.15, 0.2) is 46.9 Å². The molecule has 0 fully saturated rings. The fraction of sp³-hybridized carbons (Fsp3) is 0.273. The third-order valence-electron chi connectivity index (χ3n) is 4.58. The number of fused-ring (bicyclic) bond motifs is 5. The van der Waals surface area contributed by atoms with Gasteiger partial charge in [0.2, 0.25) is 0 Å². The quantitative estimate of drug-likeness (QED) is 0.354. The van der Waals surface area contributed by atoms with Crippen LogP contribution < -0.4 is 0 Å². The number of aryl methyl sites for hydroxylation is 2. The lowest BCUT2D eigenvalue weighted by molar-refractivity contribution is 0.569. The monoisotopic (exact) mass is 305 g/mol. The van der Waals surface area contributed by atoms with Crippen molar-refractivity contribution >= 4 is 32.7 Å². The molecule has 1 aromatic heterocycles. The average molecular weight is 305 g/mol. The second kappa shape index (κ2) is 4.61. The van der Waals surface area contributed by atoms with E-state index in [1.807, 2.05) is 49.4 Å².